The van der Waals surface area contributed by atoms with Crippen LogP contribution in [0.5, 0.6) is 5.75 Å². The van der Waals surface area contributed by atoms with Crippen LogP contribution in [-0.2, 0) is 15.0 Å². The summed E-state index contributed by atoms with van der Waals surface area (Å²) in [5.74, 6) is 0.743. The van der Waals surface area contributed by atoms with E-state index in [1.54, 1.807) is 6.26 Å². The predicted molar refractivity (Wildman–Crippen MR) is 103 cm³/mol. The number of likely N-dealkylation sites (tertiary alicyclic amines) is 1. The third kappa shape index (κ3) is 3.76. The molecular formula is C20H26BrNO4. The molecule has 1 aromatic rings. The first-order chi connectivity index (χ1) is 12.2. The van der Waals surface area contributed by atoms with Gasteiger partial charge in [-0.25, -0.2) is 4.79 Å². The highest BCUT2D eigenvalue weighted by molar-refractivity contribution is 9.10. The SMILES string of the molecule is CCOC1CCN(C(=O)OC(C)(C)C)[C@]2(C=COc3cc(Br)ccc32)C1. The lowest BCUT2D eigenvalue weighted by atomic mass is 9.78. The van der Waals surface area contributed by atoms with Crippen molar-refractivity contribution in [2.24, 2.45) is 0 Å². The topological polar surface area (TPSA) is 48.0 Å². The summed E-state index contributed by atoms with van der Waals surface area (Å²) in [7, 11) is 0. The molecule has 1 amide bonds. The quantitative estimate of drug-likeness (QED) is 0.672. The number of amides is 1. The maximum Gasteiger partial charge on any atom is 0.411 e. The first kappa shape index (κ1) is 19.2. The van der Waals surface area contributed by atoms with Gasteiger partial charge in [0.05, 0.1) is 17.9 Å². The minimum Gasteiger partial charge on any atom is -0.465 e. The number of hydrogen-bond donors (Lipinski definition) is 0. The van der Waals surface area contributed by atoms with Crippen LogP contribution in [-0.4, -0.2) is 35.8 Å². The summed E-state index contributed by atoms with van der Waals surface area (Å²) in [5, 5.41) is 0. The minimum atomic E-state index is -0.630. The number of rotatable bonds is 2. The van der Waals surface area contributed by atoms with Gasteiger partial charge in [0.15, 0.2) is 0 Å². The molecule has 2 aliphatic heterocycles. The highest BCUT2D eigenvalue weighted by Gasteiger charge is 2.48. The maximum atomic E-state index is 13.0. The molecule has 1 fully saturated rings. The van der Waals surface area contributed by atoms with Gasteiger partial charge in [-0.05, 0) is 52.3 Å². The van der Waals surface area contributed by atoms with E-state index >= 15 is 0 Å². The largest absolute Gasteiger partial charge is 0.465 e. The summed E-state index contributed by atoms with van der Waals surface area (Å²) in [6.07, 6.45) is 4.86. The summed E-state index contributed by atoms with van der Waals surface area (Å²) >= 11 is 3.49. The van der Waals surface area contributed by atoms with Crippen molar-refractivity contribution in [3.8, 4) is 5.75 Å². The van der Waals surface area contributed by atoms with Crippen molar-refractivity contribution in [2.75, 3.05) is 13.2 Å². The lowest BCUT2D eigenvalue weighted by Crippen LogP contribution is -2.56. The number of nitrogens with zero attached hydrogens (tertiary/aromatic N) is 1. The molecule has 0 aromatic heterocycles. The molecule has 0 aliphatic carbocycles. The summed E-state index contributed by atoms with van der Waals surface area (Å²) < 4.78 is 18.3. The van der Waals surface area contributed by atoms with E-state index in [2.05, 4.69) is 15.9 Å². The van der Waals surface area contributed by atoms with Gasteiger partial charge in [-0.3, -0.25) is 4.90 Å². The lowest BCUT2D eigenvalue weighted by Gasteiger charge is -2.49. The van der Waals surface area contributed by atoms with Crippen molar-refractivity contribution in [1.29, 1.82) is 0 Å². The minimum absolute atomic E-state index is 0.0814. The van der Waals surface area contributed by atoms with Crippen molar-refractivity contribution >= 4 is 22.0 Å². The third-order valence-electron chi connectivity index (χ3n) is 4.66. The molecule has 0 radical (unpaired) electrons. The van der Waals surface area contributed by atoms with E-state index in [4.69, 9.17) is 14.2 Å². The fourth-order valence-electron chi connectivity index (χ4n) is 3.66. The van der Waals surface area contributed by atoms with Crippen molar-refractivity contribution in [2.45, 2.75) is 57.8 Å². The van der Waals surface area contributed by atoms with Gasteiger partial charge in [-0.2, -0.15) is 0 Å². The number of fused-ring (bicyclic) bond motifs is 2. The zero-order valence-corrected chi connectivity index (χ0v) is 17.3. The van der Waals surface area contributed by atoms with Gasteiger partial charge in [0, 0.05) is 29.6 Å². The average molecular weight is 424 g/mol. The van der Waals surface area contributed by atoms with Gasteiger partial charge >= 0.3 is 6.09 Å². The van der Waals surface area contributed by atoms with Gasteiger partial charge in [0.2, 0.25) is 0 Å². The zero-order chi connectivity index (χ0) is 18.9. The number of carbonyl (C=O) groups excluding carboxylic acids is 1. The normalized spacial score (nSPS) is 25.0. The second-order valence-corrected chi connectivity index (χ2v) is 8.60. The Labute approximate surface area is 163 Å². The Morgan fingerprint density at radius 1 is 1.42 bits per heavy atom. The Bertz CT molecular complexity index is 712. The van der Waals surface area contributed by atoms with Crippen LogP contribution in [0.4, 0.5) is 4.79 Å². The van der Waals surface area contributed by atoms with E-state index < -0.39 is 11.1 Å². The van der Waals surface area contributed by atoms with Gasteiger partial charge < -0.3 is 14.2 Å². The Hall–Kier alpha value is -1.53. The van der Waals surface area contributed by atoms with Crippen LogP contribution < -0.4 is 4.74 Å². The number of hydrogen-bond acceptors (Lipinski definition) is 4. The monoisotopic (exact) mass is 423 g/mol. The van der Waals surface area contributed by atoms with Gasteiger partial charge in [-0.15, -0.1) is 0 Å². The number of benzene rings is 1. The van der Waals surface area contributed by atoms with E-state index in [1.807, 2.05) is 56.9 Å². The number of ether oxygens (including phenoxy) is 3. The molecule has 1 saturated heterocycles. The summed E-state index contributed by atoms with van der Waals surface area (Å²) in [5.41, 5.74) is -0.222. The molecule has 0 saturated carbocycles. The van der Waals surface area contributed by atoms with Gasteiger partial charge in [-0.1, -0.05) is 22.0 Å². The van der Waals surface area contributed by atoms with Crippen LogP contribution in [0.2, 0.25) is 0 Å². The van der Waals surface area contributed by atoms with Crippen molar-refractivity contribution in [1.82, 2.24) is 4.90 Å². The second kappa shape index (κ2) is 7.24. The summed E-state index contributed by atoms with van der Waals surface area (Å²) in [4.78, 5) is 14.8. The molecule has 2 atom stereocenters. The first-order valence-electron chi connectivity index (χ1n) is 9.02. The molecule has 26 heavy (non-hydrogen) atoms. The fraction of sp³-hybridized carbons (Fsp3) is 0.550. The maximum absolute atomic E-state index is 13.0. The standard InChI is InChI=1S/C20H26BrNO4/c1-5-24-15-8-10-22(18(23)26-19(2,3)4)20(13-15)9-11-25-17-12-14(21)6-7-16(17)20/h6-7,9,11-12,15H,5,8,10,13H2,1-4H3/t15?,20-/m1/s1. The Morgan fingerprint density at radius 2 is 2.19 bits per heavy atom. The lowest BCUT2D eigenvalue weighted by molar-refractivity contribution is -0.0514. The molecule has 1 spiro atoms. The van der Waals surface area contributed by atoms with Crippen molar-refractivity contribution in [3.63, 3.8) is 0 Å². The second-order valence-electron chi connectivity index (χ2n) is 7.69. The Balaban J connectivity index is 2.03. The molecule has 5 nitrogen and oxygen atoms in total. The van der Waals surface area contributed by atoms with Crippen LogP contribution >= 0.6 is 15.9 Å². The van der Waals surface area contributed by atoms with E-state index in [9.17, 15) is 4.79 Å². The van der Waals surface area contributed by atoms with Gasteiger partial charge in [0.25, 0.3) is 0 Å². The number of piperidine rings is 1. The van der Waals surface area contributed by atoms with Crippen LogP contribution in [0.1, 0.15) is 46.1 Å². The Kier molecular flexibility index (Phi) is 5.35. The molecule has 1 aromatic carbocycles. The molecular weight excluding hydrogens is 398 g/mol. The summed E-state index contributed by atoms with van der Waals surface area (Å²) in [6.45, 7) is 8.87. The Morgan fingerprint density at radius 3 is 2.88 bits per heavy atom. The van der Waals surface area contributed by atoms with Crippen molar-refractivity contribution in [3.05, 3.63) is 40.6 Å². The highest BCUT2D eigenvalue weighted by Crippen LogP contribution is 2.47. The van der Waals surface area contributed by atoms with E-state index in [1.165, 1.54) is 0 Å². The molecule has 142 valence electrons. The van der Waals surface area contributed by atoms with E-state index in [-0.39, 0.29) is 12.2 Å². The van der Waals surface area contributed by atoms with Crippen LogP contribution in [0.15, 0.2) is 35.0 Å². The van der Waals surface area contributed by atoms with Gasteiger partial charge in [0.1, 0.15) is 11.4 Å². The van der Waals surface area contributed by atoms with Crippen LogP contribution in [0.25, 0.3) is 0 Å². The molecule has 1 unspecified atom stereocenters. The summed E-state index contributed by atoms with van der Waals surface area (Å²) in [6, 6.07) is 5.91. The van der Waals surface area contributed by atoms with Crippen molar-refractivity contribution < 1.29 is 19.0 Å². The number of halogens is 1. The number of carbonyl (C=O) groups is 1. The molecule has 0 bridgehead atoms. The molecule has 6 heteroatoms. The third-order valence-corrected chi connectivity index (χ3v) is 5.15. The molecule has 2 aliphatic rings. The fourth-order valence-corrected chi connectivity index (χ4v) is 4.00. The highest BCUT2D eigenvalue weighted by atomic mass is 79.9. The predicted octanol–water partition coefficient (Wildman–Crippen LogP) is 4.99. The average Bonchev–Trinajstić information content (AvgIpc) is 2.53. The van der Waals surface area contributed by atoms with Crippen LogP contribution in [0, 0.1) is 0 Å². The van der Waals surface area contributed by atoms with Crippen LogP contribution in [0.3, 0.4) is 0 Å². The van der Waals surface area contributed by atoms with E-state index in [0.29, 0.717) is 19.6 Å². The van der Waals surface area contributed by atoms with E-state index in [0.717, 1.165) is 22.2 Å². The molecule has 2 heterocycles. The molecule has 0 N–H and O–H groups in total. The zero-order valence-electron chi connectivity index (χ0n) is 15.8. The molecule has 3 rings (SSSR count). The smallest absolute Gasteiger partial charge is 0.411 e. The first-order valence-corrected chi connectivity index (χ1v) is 9.81.